The maximum absolute atomic E-state index is 6.07. The van der Waals surface area contributed by atoms with E-state index in [1.807, 2.05) is 46.0 Å². The van der Waals surface area contributed by atoms with Crippen LogP contribution in [0.1, 0.15) is 103 Å². The molecule has 0 spiro atoms. The summed E-state index contributed by atoms with van der Waals surface area (Å²) in [5.41, 5.74) is 0. The topological polar surface area (TPSA) is 43.5 Å². The van der Waals surface area contributed by atoms with Gasteiger partial charge in [-0.2, -0.15) is 0 Å². The van der Waals surface area contributed by atoms with Gasteiger partial charge in [-0.25, -0.2) is 0 Å². The number of epoxide rings is 2. The van der Waals surface area contributed by atoms with Crippen molar-refractivity contribution in [2.45, 2.75) is 132 Å². The van der Waals surface area contributed by atoms with Crippen LogP contribution in [0.25, 0.3) is 0 Å². The van der Waals surface area contributed by atoms with E-state index in [1.165, 1.54) is 103 Å². The Morgan fingerprint density at radius 3 is 1.59 bits per heavy atom. The van der Waals surface area contributed by atoms with E-state index in [2.05, 4.69) is 15.9 Å². The van der Waals surface area contributed by atoms with E-state index in [-0.39, 0.29) is 18.7 Å². The fraction of sp³-hybridized carbons (Fsp3) is 1.00. The van der Waals surface area contributed by atoms with Crippen molar-refractivity contribution in [1.82, 2.24) is 0 Å². The molecule has 4 nitrogen and oxygen atoms in total. The Balaban J connectivity index is 1.46. The Kier molecular flexibility index (Phi) is 11.7. The quantitative estimate of drug-likeness (QED) is 0.161. The zero-order chi connectivity index (χ0) is 22.3. The summed E-state index contributed by atoms with van der Waals surface area (Å²) in [5.74, 6) is 2.87. The van der Waals surface area contributed by atoms with Crippen molar-refractivity contribution >= 4 is 61.9 Å². The largest absolute Gasteiger partial charge is 0.340 e. The molecule has 32 heavy (non-hydrogen) atoms. The van der Waals surface area contributed by atoms with Gasteiger partial charge in [0.05, 0.1) is 0 Å². The van der Waals surface area contributed by atoms with Gasteiger partial charge >= 0.3 is 0 Å². The fourth-order valence-corrected chi connectivity index (χ4v) is 8.44. The third-order valence-electron chi connectivity index (χ3n) is 8.60. The molecule has 2 saturated carbocycles. The Bertz CT molecular complexity index is 546. The zero-order valence-electron chi connectivity index (χ0n) is 19.3. The molecule has 186 valence electrons. The molecule has 0 radical (unpaired) electrons. The Labute approximate surface area is 231 Å². The van der Waals surface area contributed by atoms with E-state index in [4.69, 9.17) is 15.6 Å². The van der Waals surface area contributed by atoms with Crippen LogP contribution in [0.5, 0.6) is 0 Å². The molecule has 0 amide bonds. The van der Waals surface area contributed by atoms with E-state index in [0.717, 1.165) is 11.8 Å². The van der Waals surface area contributed by atoms with E-state index in [0.29, 0.717) is 22.8 Å². The number of alkyl halides is 1. The molecule has 2 heterocycles. The highest BCUT2D eigenvalue weighted by Crippen LogP contribution is 2.47. The molecule has 4 fully saturated rings. The molecule has 8 atom stereocenters. The molecule has 0 N–H and O–H groups in total. The van der Waals surface area contributed by atoms with E-state index in [9.17, 15) is 0 Å². The van der Waals surface area contributed by atoms with Gasteiger partial charge in [0.2, 0.25) is 0 Å². The molecule has 4 rings (SSSR count). The first-order chi connectivity index (χ1) is 15.7. The minimum atomic E-state index is 0.00837. The molecule has 7 heteroatoms. The summed E-state index contributed by atoms with van der Waals surface area (Å²) in [6, 6.07) is 0. The molecule has 0 aromatic rings. The molecular weight excluding hydrogens is 698 g/mol. The Morgan fingerprint density at radius 1 is 0.531 bits per heavy atom. The van der Waals surface area contributed by atoms with Gasteiger partial charge in [0, 0.05) is 10.7 Å². The molecule has 4 aliphatic rings. The first kappa shape index (κ1) is 26.8. The van der Waals surface area contributed by atoms with E-state index in [1.54, 1.807) is 0 Å². The molecule has 0 aromatic heterocycles. The van der Waals surface area contributed by atoms with Crippen molar-refractivity contribution < 1.29 is 15.6 Å². The van der Waals surface area contributed by atoms with Crippen molar-refractivity contribution in [3.63, 3.8) is 0 Å². The Hall–Kier alpha value is 1.78. The number of rotatable bonds is 5. The van der Waals surface area contributed by atoms with Gasteiger partial charge in [-0.15, -0.1) is 0 Å². The smallest absolute Gasteiger partial charge is 0.195 e. The summed E-state index contributed by atoms with van der Waals surface area (Å²) >= 11 is 8.08. The van der Waals surface area contributed by atoms with Crippen molar-refractivity contribution in [3.8, 4) is 0 Å². The normalized spacial score (nSPS) is 43.2. The second kappa shape index (κ2) is 13.9. The highest BCUT2D eigenvalue weighted by atomic mass is 127. The average molecular weight is 739 g/mol. The molecular formula is C25H41BrI2O4. The van der Waals surface area contributed by atoms with Gasteiger partial charge in [0.15, 0.2) is 12.6 Å². The summed E-state index contributed by atoms with van der Waals surface area (Å²) in [7, 11) is 0. The predicted octanol–water partition coefficient (Wildman–Crippen LogP) is 8.67. The molecule has 0 bridgehead atoms. The van der Waals surface area contributed by atoms with Crippen molar-refractivity contribution in [1.29, 1.82) is 0 Å². The molecule has 2 saturated heterocycles. The van der Waals surface area contributed by atoms with E-state index >= 15 is 0 Å². The fourth-order valence-electron chi connectivity index (χ4n) is 6.73. The Morgan fingerprint density at radius 2 is 1.00 bits per heavy atom. The lowest BCUT2D eigenvalue weighted by Crippen LogP contribution is -2.29. The van der Waals surface area contributed by atoms with Crippen LogP contribution in [-0.4, -0.2) is 29.6 Å². The number of hydrogen-bond acceptors (Lipinski definition) is 4. The lowest BCUT2D eigenvalue weighted by atomic mass is 9.70. The van der Waals surface area contributed by atoms with Crippen LogP contribution in [0.2, 0.25) is 0 Å². The number of hydrogen-bond donors (Lipinski definition) is 0. The van der Waals surface area contributed by atoms with Crippen LogP contribution >= 0.6 is 61.9 Å². The SMILES string of the molecule is BrC1CCCCC(C2OC2OI)C(C2CCCCCCCCC2)CCCC1C1OC1OI. The molecule has 0 aromatic carbocycles. The highest BCUT2D eigenvalue weighted by molar-refractivity contribution is 14.1. The van der Waals surface area contributed by atoms with Gasteiger partial charge in [0.25, 0.3) is 0 Å². The standard InChI is InChI=1S/C25H41BrI2O4/c26-21-16-9-8-13-19(22-24(29-22)31-27)18(14-10-15-20(21)23-25(30-23)32-28)17-11-6-4-2-1-3-5-7-12-17/h17-25H,1-16H2. The maximum Gasteiger partial charge on any atom is 0.195 e. The van der Waals surface area contributed by atoms with Gasteiger partial charge in [-0.05, 0) is 43.4 Å². The lowest BCUT2D eigenvalue weighted by molar-refractivity contribution is 0.135. The molecule has 8 unspecified atom stereocenters. The van der Waals surface area contributed by atoms with Crippen LogP contribution < -0.4 is 0 Å². The molecule has 2 aliphatic heterocycles. The second-order valence-corrected chi connectivity index (χ2v) is 12.8. The summed E-state index contributed by atoms with van der Waals surface area (Å²) in [6.07, 6.45) is 22.5. The third kappa shape index (κ3) is 7.64. The van der Waals surface area contributed by atoms with Crippen LogP contribution in [0.15, 0.2) is 0 Å². The third-order valence-corrected chi connectivity index (χ3v) is 10.7. The second-order valence-electron chi connectivity index (χ2n) is 10.7. The lowest BCUT2D eigenvalue weighted by Gasteiger charge is -2.34. The van der Waals surface area contributed by atoms with Crippen LogP contribution in [-0.2, 0) is 15.6 Å². The summed E-state index contributed by atoms with van der Waals surface area (Å²) in [5, 5.41) is 0. The van der Waals surface area contributed by atoms with Gasteiger partial charge in [0.1, 0.15) is 58.2 Å². The van der Waals surface area contributed by atoms with Gasteiger partial charge < -0.3 is 9.47 Å². The maximum atomic E-state index is 6.07. The summed E-state index contributed by atoms with van der Waals surface area (Å²) in [6.45, 7) is 0. The van der Waals surface area contributed by atoms with Gasteiger partial charge in [-0.3, -0.25) is 6.13 Å². The number of halogens is 3. The predicted molar refractivity (Wildman–Crippen MR) is 148 cm³/mol. The van der Waals surface area contributed by atoms with E-state index < -0.39 is 0 Å². The molecule has 2 aliphatic carbocycles. The first-order valence-electron chi connectivity index (χ1n) is 13.2. The first-order valence-corrected chi connectivity index (χ1v) is 15.9. The summed E-state index contributed by atoms with van der Waals surface area (Å²) in [4.78, 5) is 0.537. The van der Waals surface area contributed by atoms with Crippen molar-refractivity contribution in [2.75, 3.05) is 0 Å². The van der Waals surface area contributed by atoms with Gasteiger partial charge in [-0.1, -0.05) is 93.0 Å². The van der Waals surface area contributed by atoms with Crippen molar-refractivity contribution in [2.24, 2.45) is 23.7 Å². The minimum Gasteiger partial charge on any atom is -0.340 e. The summed E-state index contributed by atoms with van der Waals surface area (Å²) < 4.78 is 23.0. The highest BCUT2D eigenvalue weighted by Gasteiger charge is 2.51. The minimum absolute atomic E-state index is 0.00837. The zero-order valence-corrected chi connectivity index (χ0v) is 25.2. The van der Waals surface area contributed by atoms with Crippen LogP contribution in [0, 0.1) is 23.7 Å². The van der Waals surface area contributed by atoms with Crippen LogP contribution in [0.3, 0.4) is 0 Å². The van der Waals surface area contributed by atoms with Crippen LogP contribution in [0.4, 0.5) is 0 Å². The average Bonchev–Trinajstić information content (AvgIpc) is 3.72. The number of ether oxygens (including phenoxy) is 2. The van der Waals surface area contributed by atoms with Crippen molar-refractivity contribution in [3.05, 3.63) is 0 Å². The monoisotopic (exact) mass is 738 g/mol.